The first-order chi connectivity index (χ1) is 10.2. The van der Waals surface area contributed by atoms with Crippen LogP contribution in [0, 0.1) is 17.8 Å². The molecular weight excluding hydrogens is 282 g/mol. The van der Waals surface area contributed by atoms with E-state index in [2.05, 4.69) is 22.5 Å². The molecule has 1 heterocycles. The summed E-state index contributed by atoms with van der Waals surface area (Å²) in [5.41, 5.74) is 0. The maximum Gasteiger partial charge on any atom is 0.166 e. The van der Waals surface area contributed by atoms with Gasteiger partial charge >= 0.3 is 0 Å². The molecule has 21 heavy (non-hydrogen) atoms. The van der Waals surface area contributed by atoms with Gasteiger partial charge in [0.05, 0.1) is 13.2 Å². The zero-order chi connectivity index (χ0) is 14.7. The fraction of sp³-hybridized carbons (Fsp3) is 0.938. The summed E-state index contributed by atoms with van der Waals surface area (Å²) in [6.45, 7) is 8.10. The molecule has 2 N–H and O–H groups in total. The Labute approximate surface area is 134 Å². The van der Waals surface area contributed by atoms with E-state index in [0.717, 1.165) is 62.3 Å². The van der Waals surface area contributed by atoms with E-state index in [9.17, 15) is 0 Å². The van der Waals surface area contributed by atoms with E-state index in [-0.39, 0.29) is 0 Å². The van der Waals surface area contributed by atoms with Gasteiger partial charge in [-0.2, -0.15) is 0 Å². The molecular formula is C16H29N3OS. The topological polar surface area (TPSA) is 36.5 Å². The molecule has 0 amide bonds. The Bertz CT molecular complexity index is 359. The van der Waals surface area contributed by atoms with Gasteiger partial charge in [0.1, 0.15) is 0 Å². The molecule has 1 aliphatic heterocycles. The van der Waals surface area contributed by atoms with Gasteiger partial charge < -0.3 is 15.4 Å². The summed E-state index contributed by atoms with van der Waals surface area (Å²) in [6.07, 6.45) is 5.79. The highest BCUT2D eigenvalue weighted by Crippen LogP contribution is 2.49. The number of fused-ring (bicyclic) bond motifs is 2. The van der Waals surface area contributed by atoms with Crippen molar-refractivity contribution in [2.24, 2.45) is 17.8 Å². The lowest BCUT2D eigenvalue weighted by atomic mass is 9.84. The minimum Gasteiger partial charge on any atom is -0.379 e. The third-order valence-corrected chi connectivity index (χ3v) is 5.87. The van der Waals surface area contributed by atoms with Crippen molar-refractivity contribution < 1.29 is 4.74 Å². The van der Waals surface area contributed by atoms with Gasteiger partial charge in [0.2, 0.25) is 0 Å². The number of thiocarbonyl (C=S) groups is 1. The number of ether oxygens (including phenoxy) is 1. The number of hydrogen-bond donors (Lipinski definition) is 2. The predicted molar refractivity (Wildman–Crippen MR) is 89.4 cm³/mol. The first-order valence-corrected chi connectivity index (χ1v) is 8.97. The monoisotopic (exact) mass is 311 g/mol. The van der Waals surface area contributed by atoms with Gasteiger partial charge in [-0.15, -0.1) is 0 Å². The van der Waals surface area contributed by atoms with Gasteiger partial charge in [-0.25, -0.2) is 0 Å². The van der Waals surface area contributed by atoms with Gasteiger partial charge in [-0.3, -0.25) is 4.90 Å². The van der Waals surface area contributed by atoms with Gasteiger partial charge in [-0.05, 0) is 56.2 Å². The second-order valence-electron chi connectivity index (χ2n) is 6.98. The number of nitrogens with one attached hydrogen (secondary N) is 2. The maximum absolute atomic E-state index is 5.45. The van der Waals surface area contributed by atoms with Crippen LogP contribution in [-0.4, -0.2) is 55.4 Å². The van der Waals surface area contributed by atoms with E-state index in [0.29, 0.717) is 6.04 Å². The van der Waals surface area contributed by atoms with E-state index in [1.165, 1.54) is 25.7 Å². The molecule has 4 unspecified atom stereocenters. The quantitative estimate of drug-likeness (QED) is 0.755. The second-order valence-corrected chi connectivity index (χ2v) is 7.39. The van der Waals surface area contributed by atoms with Crippen molar-refractivity contribution in [1.29, 1.82) is 0 Å². The number of hydrogen-bond acceptors (Lipinski definition) is 3. The van der Waals surface area contributed by atoms with Crippen molar-refractivity contribution >= 4 is 17.3 Å². The van der Waals surface area contributed by atoms with Crippen molar-refractivity contribution in [2.45, 2.75) is 38.6 Å². The lowest BCUT2D eigenvalue weighted by molar-refractivity contribution is 0.0389. The summed E-state index contributed by atoms with van der Waals surface area (Å²) in [4.78, 5) is 2.43. The van der Waals surface area contributed by atoms with E-state index < -0.39 is 0 Å². The van der Waals surface area contributed by atoms with Gasteiger partial charge in [-0.1, -0.05) is 6.42 Å². The van der Waals surface area contributed by atoms with Crippen molar-refractivity contribution in [3.63, 3.8) is 0 Å². The molecule has 4 nitrogen and oxygen atoms in total. The van der Waals surface area contributed by atoms with Crippen LogP contribution in [-0.2, 0) is 4.74 Å². The van der Waals surface area contributed by atoms with Crippen LogP contribution < -0.4 is 10.6 Å². The largest absolute Gasteiger partial charge is 0.379 e. The maximum atomic E-state index is 5.45. The van der Waals surface area contributed by atoms with E-state index in [1.807, 2.05) is 0 Å². The molecule has 0 aromatic rings. The lowest BCUT2D eigenvalue weighted by Gasteiger charge is -2.30. The fourth-order valence-electron chi connectivity index (χ4n) is 4.42. The SMILES string of the molecule is CC(NC(=S)NCCN1CCOCC1)C1CC2CCC1C2. The fourth-order valence-corrected chi connectivity index (χ4v) is 4.71. The molecule has 3 rings (SSSR count). The molecule has 0 aromatic carbocycles. The van der Waals surface area contributed by atoms with Crippen molar-refractivity contribution in [2.75, 3.05) is 39.4 Å². The Balaban J connectivity index is 1.32. The molecule has 3 aliphatic rings. The summed E-state index contributed by atoms with van der Waals surface area (Å²) in [5, 5.41) is 7.72. The van der Waals surface area contributed by atoms with Crippen LogP contribution in [0.5, 0.6) is 0 Å². The average molecular weight is 311 g/mol. The van der Waals surface area contributed by atoms with Crippen LogP contribution in [0.25, 0.3) is 0 Å². The molecule has 4 atom stereocenters. The number of rotatable bonds is 5. The summed E-state index contributed by atoms with van der Waals surface area (Å²) in [6, 6.07) is 0.517. The molecule has 0 radical (unpaired) electrons. The number of morpholine rings is 1. The molecule has 3 fully saturated rings. The minimum absolute atomic E-state index is 0.517. The van der Waals surface area contributed by atoms with Crippen LogP contribution in [0.3, 0.4) is 0 Å². The third kappa shape index (κ3) is 4.08. The summed E-state index contributed by atoms with van der Waals surface area (Å²) in [5.74, 6) is 2.79. The molecule has 1 saturated heterocycles. The molecule has 120 valence electrons. The zero-order valence-corrected chi connectivity index (χ0v) is 14.0. The second kappa shape index (κ2) is 7.25. The van der Waals surface area contributed by atoms with Gasteiger partial charge in [0.25, 0.3) is 0 Å². The molecule has 2 aliphatic carbocycles. The summed E-state index contributed by atoms with van der Waals surface area (Å²) in [7, 11) is 0. The van der Waals surface area contributed by atoms with Crippen molar-refractivity contribution in [3.8, 4) is 0 Å². The summed E-state index contributed by atoms with van der Waals surface area (Å²) >= 11 is 5.45. The van der Waals surface area contributed by atoms with Crippen molar-refractivity contribution in [3.05, 3.63) is 0 Å². The van der Waals surface area contributed by atoms with E-state index in [4.69, 9.17) is 17.0 Å². The smallest absolute Gasteiger partial charge is 0.166 e. The third-order valence-electron chi connectivity index (χ3n) is 5.61. The minimum atomic E-state index is 0.517. The van der Waals surface area contributed by atoms with Crippen molar-refractivity contribution in [1.82, 2.24) is 15.5 Å². The first kappa shape index (κ1) is 15.5. The van der Waals surface area contributed by atoms with E-state index >= 15 is 0 Å². The Kier molecular flexibility index (Phi) is 5.35. The van der Waals surface area contributed by atoms with Crippen LogP contribution in [0.15, 0.2) is 0 Å². The standard InChI is InChI=1S/C16H29N3OS/c1-12(15-11-13-2-3-14(15)10-13)18-16(21)17-4-5-19-6-8-20-9-7-19/h12-15H,2-11H2,1H3,(H2,17,18,21). The predicted octanol–water partition coefficient (Wildman–Crippen LogP) is 1.61. The Morgan fingerprint density at radius 1 is 1.29 bits per heavy atom. The van der Waals surface area contributed by atoms with Crippen LogP contribution in [0.4, 0.5) is 0 Å². The molecule has 0 spiro atoms. The number of nitrogens with zero attached hydrogens (tertiary/aromatic N) is 1. The molecule has 5 heteroatoms. The first-order valence-electron chi connectivity index (χ1n) is 8.57. The summed E-state index contributed by atoms with van der Waals surface area (Å²) < 4.78 is 5.36. The highest BCUT2D eigenvalue weighted by molar-refractivity contribution is 7.80. The van der Waals surface area contributed by atoms with E-state index in [1.54, 1.807) is 0 Å². The van der Waals surface area contributed by atoms with Gasteiger partial charge in [0, 0.05) is 32.2 Å². The Morgan fingerprint density at radius 2 is 2.10 bits per heavy atom. The average Bonchev–Trinajstić information content (AvgIpc) is 3.11. The van der Waals surface area contributed by atoms with Gasteiger partial charge in [0.15, 0.2) is 5.11 Å². The highest BCUT2D eigenvalue weighted by atomic mass is 32.1. The molecule has 0 aromatic heterocycles. The van der Waals surface area contributed by atoms with Crippen LogP contribution in [0.1, 0.15) is 32.6 Å². The molecule has 2 bridgehead atoms. The molecule has 2 saturated carbocycles. The lowest BCUT2D eigenvalue weighted by Crippen LogP contribution is -2.47. The van der Waals surface area contributed by atoms with Crippen LogP contribution in [0.2, 0.25) is 0 Å². The highest BCUT2D eigenvalue weighted by Gasteiger charge is 2.41. The zero-order valence-electron chi connectivity index (χ0n) is 13.1. The Morgan fingerprint density at radius 3 is 2.76 bits per heavy atom. The van der Waals surface area contributed by atoms with Crippen LogP contribution >= 0.6 is 12.2 Å². The Hall–Kier alpha value is -0.390. The normalized spacial score (nSPS) is 33.9.